The Morgan fingerprint density at radius 2 is 1.96 bits per heavy atom. The molecule has 0 saturated carbocycles. The highest BCUT2D eigenvalue weighted by molar-refractivity contribution is 7.91. The smallest absolute Gasteiger partial charge is 0.225 e. The van der Waals surface area contributed by atoms with E-state index in [-0.39, 0.29) is 29.0 Å². The first kappa shape index (κ1) is 17.6. The average molecular weight is 363 g/mol. The van der Waals surface area contributed by atoms with Gasteiger partial charge in [0.2, 0.25) is 5.91 Å². The van der Waals surface area contributed by atoms with Crippen molar-refractivity contribution in [2.24, 2.45) is 0 Å². The first-order chi connectivity index (χ1) is 12.0. The Hall–Kier alpha value is -2.19. The molecule has 1 N–H and O–H groups in total. The molecule has 1 aromatic carbocycles. The lowest BCUT2D eigenvalue weighted by Crippen LogP contribution is -2.20. The van der Waals surface area contributed by atoms with Gasteiger partial charge in [-0.15, -0.1) is 0 Å². The van der Waals surface area contributed by atoms with Crippen LogP contribution in [0.5, 0.6) is 0 Å². The van der Waals surface area contributed by atoms with Gasteiger partial charge in [0.05, 0.1) is 28.6 Å². The topological polar surface area (TPSA) is 90.3 Å². The van der Waals surface area contributed by atoms with Crippen molar-refractivity contribution in [3.05, 3.63) is 42.7 Å². The number of nitrogens with one attached hydrogen (secondary N) is 1. The molecule has 1 aromatic heterocycles. The molecule has 0 atom stereocenters. The summed E-state index contributed by atoms with van der Waals surface area (Å²) in [5, 5.41) is 6.99. The fraction of sp³-hybridized carbons (Fsp3) is 0.412. The van der Waals surface area contributed by atoms with Crippen molar-refractivity contribution in [1.29, 1.82) is 0 Å². The zero-order chi connectivity index (χ0) is 17.7. The van der Waals surface area contributed by atoms with E-state index in [0.717, 1.165) is 12.8 Å². The number of hydrogen-bond acceptors (Lipinski definition) is 5. The summed E-state index contributed by atoms with van der Waals surface area (Å²) in [6.45, 7) is 1.42. The Bertz CT molecular complexity index is 811. The number of carbonyl (C=O) groups excluding carboxylic acids is 1. The zero-order valence-electron chi connectivity index (χ0n) is 13.8. The maximum absolute atomic E-state index is 12.2. The van der Waals surface area contributed by atoms with Crippen LogP contribution in [0.1, 0.15) is 25.3 Å². The summed E-state index contributed by atoms with van der Waals surface area (Å²) in [4.78, 5) is 12.3. The molecule has 1 fully saturated rings. The molecule has 1 amide bonds. The van der Waals surface area contributed by atoms with Gasteiger partial charge in [-0.2, -0.15) is 5.10 Å². The summed E-state index contributed by atoms with van der Waals surface area (Å²) in [5.41, 5.74) is 0.577. The van der Waals surface area contributed by atoms with Gasteiger partial charge in [-0.25, -0.2) is 8.42 Å². The molecule has 0 radical (unpaired) electrons. The molecular formula is C17H21N3O4S. The maximum Gasteiger partial charge on any atom is 0.225 e. The van der Waals surface area contributed by atoms with Crippen LogP contribution >= 0.6 is 0 Å². The molecule has 2 aromatic rings. The molecule has 8 heteroatoms. The van der Waals surface area contributed by atoms with Crippen molar-refractivity contribution < 1.29 is 17.9 Å². The van der Waals surface area contributed by atoms with Gasteiger partial charge >= 0.3 is 0 Å². The number of ether oxygens (including phenoxy) is 1. The molecule has 134 valence electrons. The quantitative estimate of drug-likeness (QED) is 0.848. The predicted octanol–water partition coefficient (Wildman–Crippen LogP) is 2.04. The van der Waals surface area contributed by atoms with Crippen LogP contribution in [0.25, 0.3) is 0 Å². The predicted molar refractivity (Wildman–Crippen MR) is 93.1 cm³/mol. The van der Waals surface area contributed by atoms with E-state index in [4.69, 9.17) is 4.74 Å². The normalized spacial score (nSPS) is 15.8. The van der Waals surface area contributed by atoms with E-state index in [0.29, 0.717) is 18.9 Å². The lowest BCUT2D eigenvalue weighted by atomic mass is 10.1. The average Bonchev–Trinajstić information content (AvgIpc) is 3.10. The van der Waals surface area contributed by atoms with Gasteiger partial charge in [-0.3, -0.25) is 9.48 Å². The number of anilines is 1. The van der Waals surface area contributed by atoms with Crippen molar-refractivity contribution >= 4 is 21.4 Å². The highest BCUT2D eigenvalue weighted by atomic mass is 32.2. The van der Waals surface area contributed by atoms with Crippen molar-refractivity contribution in [3.63, 3.8) is 0 Å². The molecule has 1 aliphatic rings. The molecule has 7 nitrogen and oxygen atoms in total. The minimum Gasteiger partial charge on any atom is -0.381 e. The Balaban J connectivity index is 1.53. The van der Waals surface area contributed by atoms with Crippen LogP contribution in [0.4, 0.5) is 5.69 Å². The van der Waals surface area contributed by atoms with Crippen LogP contribution in [0, 0.1) is 0 Å². The Morgan fingerprint density at radius 3 is 2.68 bits per heavy atom. The second-order valence-electron chi connectivity index (χ2n) is 5.98. The van der Waals surface area contributed by atoms with Crippen LogP contribution < -0.4 is 5.32 Å². The zero-order valence-corrected chi connectivity index (χ0v) is 14.6. The molecule has 1 aliphatic heterocycles. The monoisotopic (exact) mass is 363 g/mol. The fourth-order valence-corrected chi connectivity index (χ4v) is 4.01. The standard InChI is InChI=1S/C17H21N3O4S/c21-17(8-11-25(22,23)16-4-2-1-3-5-16)19-14-12-18-20(13-14)15-6-9-24-10-7-15/h1-5,12-13,15H,6-11H2,(H,19,21). The van der Waals surface area contributed by atoms with Crippen LogP contribution in [-0.4, -0.2) is 43.1 Å². The number of nitrogens with zero attached hydrogens (tertiary/aromatic N) is 2. The SMILES string of the molecule is O=C(CCS(=O)(=O)c1ccccc1)Nc1cnn(C2CCOCC2)c1. The third-order valence-corrected chi connectivity index (χ3v) is 5.88. The van der Waals surface area contributed by atoms with Crippen molar-refractivity contribution in [1.82, 2.24) is 9.78 Å². The number of benzene rings is 1. The Morgan fingerprint density at radius 1 is 1.24 bits per heavy atom. The molecule has 0 aliphatic carbocycles. The van der Waals surface area contributed by atoms with Gasteiger partial charge in [0.15, 0.2) is 9.84 Å². The first-order valence-corrected chi connectivity index (χ1v) is 9.89. The highest BCUT2D eigenvalue weighted by Crippen LogP contribution is 2.21. The second-order valence-corrected chi connectivity index (χ2v) is 8.09. The lowest BCUT2D eigenvalue weighted by Gasteiger charge is -2.22. The van der Waals surface area contributed by atoms with E-state index in [1.54, 1.807) is 30.6 Å². The number of carbonyl (C=O) groups is 1. The van der Waals surface area contributed by atoms with E-state index in [9.17, 15) is 13.2 Å². The van der Waals surface area contributed by atoms with E-state index in [2.05, 4.69) is 10.4 Å². The number of aromatic nitrogens is 2. The van der Waals surface area contributed by atoms with Gasteiger partial charge in [0.1, 0.15) is 0 Å². The van der Waals surface area contributed by atoms with Crippen molar-refractivity contribution in [2.45, 2.75) is 30.2 Å². The largest absolute Gasteiger partial charge is 0.381 e. The molecular weight excluding hydrogens is 342 g/mol. The van der Waals surface area contributed by atoms with Gasteiger partial charge in [0.25, 0.3) is 0 Å². The molecule has 2 heterocycles. The molecule has 1 saturated heterocycles. The molecule has 25 heavy (non-hydrogen) atoms. The Labute approximate surface area is 146 Å². The summed E-state index contributed by atoms with van der Waals surface area (Å²) in [5.74, 6) is -0.567. The van der Waals surface area contributed by atoms with Gasteiger partial charge in [-0.05, 0) is 25.0 Å². The Kier molecular flexibility index (Phi) is 5.50. The number of rotatable bonds is 6. The minimum absolute atomic E-state index is 0.0975. The number of amides is 1. The molecule has 0 unspecified atom stereocenters. The van der Waals surface area contributed by atoms with E-state index < -0.39 is 9.84 Å². The fourth-order valence-electron chi connectivity index (χ4n) is 2.75. The molecule has 0 bridgehead atoms. The van der Waals surface area contributed by atoms with Crippen LogP contribution in [0.2, 0.25) is 0 Å². The lowest BCUT2D eigenvalue weighted by molar-refractivity contribution is -0.115. The summed E-state index contributed by atoms with van der Waals surface area (Å²) in [7, 11) is -3.46. The molecule has 0 spiro atoms. The summed E-state index contributed by atoms with van der Waals surface area (Å²) < 4.78 is 31.5. The second kappa shape index (κ2) is 7.79. The summed E-state index contributed by atoms with van der Waals surface area (Å²) >= 11 is 0. The minimum atomic E-state index is -3.46. The van der Waals surface area contributed by atoms with Gasteiger partial charge < -0.3 is 10.1 Å². The van der Waals surface area contributed by atoms with Crippen molar-refractivity contribution in [2.75, 3.05) is 24.3 Å². The summed E-state index contributed by atoms with van der Waals surface area (Å²) in [6, 6.07) is 8.42. The summed E-state index contributed by atoms with van der Waals surface area (Å²) in [6.07, 6.45) is 5.05. The third kappa shape index (κ3) is 4.67. The maximum atomic E-state index is 12.2. The third-order valence-electron chi connectivity index (χ3n) is 4.15. The van der Waals surface area contributed by atoms with E-state index in [1.807, 2.05) is 4.68 Å². The van der Waals surface area contributed by atoms with Gasteiger partial charge in [-0.1, -0.05) is 18.2 Å². The van der Waals surface area contributed by atoms with E-state index in [1.165, 1.54) is 12.1 Å². The van der Waals surface area contributed by atoms with E-state index >= 15 is 0 Å². The van der Waals surface area contributed by atoms with Gasteiger partial charge in [0, 0.05) is 25.8 Å². The first-order valence-electron chi connectivity index (χ1n) is 8.24. The number of hydrogen-bond donors (Lipinski definition) is 1. The number of sulfone groups is 1. The molecule has 3 rings (SSSR count). The van der Waals surface area contributed by atoms with Crippen molar-refractivity contribution in [3.8, 4) is 0 Å². The van der Waals surface area contributed by atoms with Crippen LogP contribution in [0.3, 0.4) is 0 Å². The highest BCUT2D eigenvalue weighted by Gasteiger charge is 2.18. The van der Waals surface area contributed by atoms with Crippen LogP contribution in [0.15, 0.2) is 47.6 Å². The van der Waals surface area contributed by atoms with Crippen LogP contribution in [-0.2, 0) is 19.4 Å².